The maximum atomic E-state index is 12.9. The zero-order valence-corrected chi connectivity index (χ0v) is 20.1. The average Bonchev–Trinajstić information content (AvgIpc) is 3.09. The quantitative estimate of drug-likeness (QED) is 0.576. The predicted octanol–water partition coefficient (Wildman–Crippen LogP) is 4.44. The van der Waals surface area contributed by atoms with Gasteiger partial charge in [0.05, 0.1) is 16.4 Å². The number of aryl methyl sites for hydroxylation is 1. The Morgan fingerprint density at radius 1 is 1.24 bits per heavy atom. The summed E-state index contributed by atoms with van der Waals surface area (Å²) in [5.74, 6) is 0.364. The second-order valence-electron chi connectivity index (χ2n) is 9.03. The van der Waals surface area contributed by atoms with Crippen molar-refractivity contribution in [2.45, 2.75) is 58.4 Å². The minimum Gasteiger partial charge on any atom is -0.354 e. The molecule has 1 fully saturated rings. The van der Waals surface area contributed by atoms with Crippen molar-refractivity contribution >= 4 is 40.3 Å². The Morgan fingerprint density at radius 2 is 2.03 bits per heavy atom. The summed E-state index contributed by atoms with van der Waals surface area (Å²) in [6.45, 7) is 5.73. The van der Waals surface area contributed by atoms with Crippen molar-refractivity contribution in [2.75, 3.05) is 5.32 Å². The number of nitrogens with zero attached hydrogens (tertiary/aromatic N) is 4. The Labute approximate surface area is 198 Å². The van der Waals surface area contributed by atoms with E-state index in [-0.39, 0.29) is 29.7 Å². The molecule has 2 atom stereocenters. The van der Waals surface area contributed by atoms with Gasteiger partial charge in [-0.05, 0) is 43.4 Å². The molecule has 3 heterocycles. The predicted molar refractivity (Wildman–Crippen MR) is 129 cm³/mol. The van der Waals surface area contributed by atoms with E-state index in [1.54, 1.807) is 6.07 Å². The van der Waals surface area contributed by atoms with Gasteiger partial charge in [-0.3, -0.25) is 14.3 Å². The van der Waals surface area contributed by atoms with Crippen LogP contribution < -0.4 is 10.6 Å². The lowest BCUT2D eigenvalue weighted by atomic mass is 9.85. The molecule has 0 radical (unpaired) electrons. The van der Waals surface area contributed by atoms with E-state index in [4.69, 9.17) is 16.6 Å². The van der Waals surface area contributed by atoms with Crippen molar-refractivity contribution in [2.24, 2.45) is 13.0 Å². The highest BCUT2D eigenvalue weighted by Gasteiger charge is 2.28. The van der Waals surface area contributed by atoms with Crippen LogP contribution in [0.15, 0.2) is 24.4 Å². The summed E-state index contributed by atoms with van der Waals surface area (Å²) in [4.78, 5) is 33.4. The van der Waals surface area contributed by atoms with Gasteiger partial charge in [-0.25, -0.2) is 9.97 Å². The van der Waals surface area contributed by atoms with E-state index in [0.29, 0.717) is 28.5 Å². The number of carbonyl (C=O) groups is 2. The molecule has 0 aliphatic heterocycles. The zero-order chi connectivity index (χ0) is 23.7. The molecule has 2 N–H and O–H groups in total. The Bertz CT molecular complexity index is 1210. The van der Waals surface area contributed by atoms with Crippen molar-refractivity contribution in [3.8, 4) is 11.3 Å². The number of hydrogen-bond donors (Lipinski definition) is 2. The third-order valence-electron chi connectivity index (χ3n) is 6.10. The lowest BCUT2D eigenvalue weighted by molar-refractivity contribution is -0.123. The third kappa shape index (κ3) is 5.00. The molecular formula is C24H29ClN6O2. The maximum absolute atomic E-state index is 12.9. The molecule has 0 spiro atoms. The minimum absolute atomic E-state index is 0.0336. The molecule has 4 rings (SSSR count). The van der Waals surface area contributed by atoms with E-state index in [1.807, 2.05) is 23.9 Å². The SMILES string of the molecule is CC(=O)NC1CCCC(C(=O)Nc2cc(-c3ccc4nn(C)c(C(C)C)c4n3)c(Cl)cn2)C1. The van der Waals surface area contributed by atoms with Crippen LogP contribution in [-0.4, -0.2) is 37.6 Å². The summed E-state index contributed by atoms with van der Waals surface area (Å²) in [7, 11) is 1.92. The minimum atomic E-state index is -0.171. The summed E-state index contributed by atoms with van der Waals surface area (Å²) in [5.41, 5.74) is 4.12. The normalized spacial score (nSPS) is 18.5. The van der Waals surface area contributed by atoms with E-state index in [0.717, 1.165) is 36.0 Å². The van der Waals surface area contributed by atoms with Gasteiger partial charge < -0.3 is 10.6 Å². The van der Waals surface area contributed by atoms with E-state index >= 15 is 0 Å². The first kappa shape index (κ1) is 23.2. The standard InChI is InChI=1S/C24H29ClN6O2/c1-13(2)23-22-20(30-31(23)4)9-8-19(28-22)17-11-21(26-12-18(17)25)29-24(33)15-6-5-7-16(10-15)27-14(3)32/h8-9,11-13,15-16H,5-7,10H2,1-4H3,(H,27,32)(H,26,29,33). The van der Waals surface area contributed by atoms with E-state index in [2.05, 4.69) is 34.6 Å². The number of aromatic nitrogens is 4. The van der Waals surface area contributed by atoms with Crippen LogP contribution in [-0.2, 0) is 16.6 Å². The molecule has 0 bridgehead atoms. The average molecular weight is 469 g/mol. The fraction of sp³-hybridized carbons (Fsp3) is 0.458. The fourth-order valence-corrected chi connectivity index (χ4v) is 4.87. The van der Waals surface area contributed by atoms with Crippen molar-refractivity contribution < 1.29 is 9.59 Å². The van der Waals surface area contributed by atoms with Crippen molar-refractivity contribution in [3.05, 3.63) is 35.1 Å². The fourth-order valence-electron chi connectivity index (χ4n) is 4.66. The van der Waals surface area contributed by atoms with E-state index in [9.17, 15) is 9.59 Å². The van der Waals surface area contributed by atoms with E-state index in [1.165, 1.54) is 13.1 Å². The number of amides is 2. The Kier molecular flexibility index (Phi) is 6.65. The number of nitrogens with one attached hydrogen (secondary N) is 2. The number of fused-ring (bicyclic) bond motifs is 1. The first-order valence-corrected chi connectivity index (χ1v) is 11.7. The summed E-state index contributed by atoms with van der Waals surface area (Å²) in [6.07, 6.45) is 4.75. The molecular weight excluding hydrogens is 440 g/mol. The van der Waals surface area contributed by atoms with Gasteiger partial charge in [0.2, 0.25) is 11.8 Å². The molecule has 2 amide bonds. The molecule has 8 nitrogen and oxygen atoms in total. The molecule has 9 heteroatoms. The van der Waals surface area contributed by atoms with Crippen LogP contribution in [0.2, 0.25) is 5.02 Å². The number of pyridine rings is 2. The smallest absolute Gasteiger partial charge is 0.228 e. The van der Waals surface area contributed by atoms with Gasteiger partial charge >= 0.3 is 0 Å². The largest absolute Gasteiger partial charge is 0.354 e. The van der Waals surface area contributed by atoms with Gasteiger partial charge in [-0.1, -0.05) is 31.9 Å². The molecule has 33 heavy (non-hydrogen) atoms. The lowest BCUT2D eigenvalue weighted by Gasteiger charge is -2.28. The molecule has 1 aliphatic carbocycles. The second-order valence-corrected chi connectivity index (χ2v) is 9.43. The maximum Gasteiger partial charge on any atom is 0.228 e. The van der Waals surface area contributed by atoms with Gasteiger partial charge in [-0.15, -0.1) is 0 Å². The van der Waals surface area contributed by atoms with Crippen LogP contribution >= 0.6 is 11.6 Å². The highest BCUT2D eigenvalue weighted by atomic mass is 35.5. The molecule has 2 unspecified atom stereocenters. The van der Waals surface area contributed by atoms with Gasteiger partial charge in [0, 0.05) is 37.7 Å². The highest BCUT2D eigenvalue weighted by Crippen LogP contribution is 2.32. The molecule has 1 aliphatic rings. The Morgan fingerprint density at radius 3 is 2.76 bits per heavy atom. The van der Waals surface area contributed by atoms with Gasteiger partial charge in [-0.2, -0.15) is 5.10 Å². The summed E-state index contributed by atoms with van der Waals surface area (Å²) >= 11 is 6.47. The zero-order valence-electron chi connectivity index (χ0n) is 19.4. The van der Waals surface area contributed by atoms with Crippen LogP contribution in [0.3, 0.4) is 0 Å². The molecule has 0 aromatic carbocycles. The molecule has 3 aromatic heterocycles. The lowest BCUT2D eigenvalue weighted by Crippen LogP contribution is -2.40. The van der Waals surface area contributed by atoms with E-state index < -0.39 is 0 Å². The second kappa shape index (κ2) is 9.47. The topological polar surface area (TPSA) is 102 Å². The number of anilines is 1. The monoisotopic (exact) mass is 468 g/mol. The van der Waals surface area contributed by atoms with Crippen molar-refractivity contribution in [1.29, 1.82) is 0 Å². The van der Waals surface area contributed by atoms with Crippen LogP contribution in [0.1, 0.15) is 58.1 Å². The van der Waals surface area contributed by atoms with Gasteiger partial charge in [0.15, 0.2) is 0 Å². The summed E-state index contributed by atoms with van der Waals surface area (Å²) in [6, 6.07) is 5.61. The number of hydrogen-bond acceptors (Lipinski definition) is 5. The highest BCUT2D eigenvalue weighted by molar-refractivity contribution is 6.33. The Balaban J connectivity index is 1.58. The van der Waals surface area contributed by atoms with Gasteiger partial charge in [0.1, 0.15) is 16.9 Å². The summed E-state index contributed by atoms with van der Waals surface area (Å²) < 4.78 is 1.87. The number of rotatable bonds is 5. The van der Waals surface area contributed by atoms with Crippen LogP contribution in [0.25, 0.3) is 22.3 Å². The van der Waals surface area contributed by atoms with Crippen LogP contribution in [0.4, 0.5) is 5.82 Å². The first-order chi connectivity index (χ1) is 15.7. The molecule has 0 saturated heterocycles. The third-order valence-corrected chi connectivity index (χ3v) is 6.41. The molecule has 1 saturated carbocycles. The first-order valence-electron chi connectivity index (χ1n) is 11.3. The van der Waals surface area contributed by atoms with Crippen molar-refractivity contribution in [3.63, 3.8) is 0 Å². The van der Waals surface area contributed by atoms with Crippen LogP contribution in [0, 0.1) is 5.92 Å². The molecule has 174 valence electrons. The Hall–Kier alpha value is -3.00. The molecule has 3 aromatic rings. The van der Waals surface area contributed by atoms with Crippen molar-refractivity contribution in [1.82, 2.24) is 25.1 Å². The summed E-state index contributed by atoms with van der Waals surface area (Å²) in [5, 5.41) is 10.9. The van der Waals surface area contributed by atoms with Crippen LogP contribution in [0.5, 0.6) is 0 Å². The number of carbonyl (C=O) groups excluding carboxylic acids is 2. The van der Waals surface area contributed by atoms with Gasteiger partial charge in [0.25, 0.3) is 0 Å². The number of halogens is 1.